The molecule has 10 nitrogen and oxygen atoms in total. The Labute approximate surface area is 159 Å². The molecule has 0 aliphatic heterocycles. The van der Waals surface area contributed by atoms with Crippen LogP contribution in [0.2, 0.25) is 0 Å². The van der Waals surface area contributed by atoms with Crippen molar-refractivity contribution in [2.45, 2.75) is 0 Å². The van der Waals surface area contributed by atoms with E-state index in [4.69, 9.17) is 10.5 Å². The highest BCUT2D eigenvalue weighted by Gasteiger charge is 2.14. The number of rotatable bonds is 6. The predicted octanol–water partition coefficient (Wildman–Crippen LogP) is 1.31. The molecule has 0 bridgehead atoms. The van der Waals surface area contributed by atoms with Crippen LogP contribution in [0.4, 0.5) is 11.5 Å². The second-order valence-corrected chi connectivity index (χ2v) is 5.72. The molecule has 2 heterocycles. The quantitative estimate of drug-likeness (QED) is 0.429. The average molecular weight is 376 g/mol. The van der Waals surface area contributed by atoms with E-state index < -0.39 is 5.91 Å². The van der Waals surface area contributed by atoms with Crippen molar-refractivity contribution >= 4 is 28.4 Å². The van der Waals surface area contributed by atoms with Crippen molar-refractivity contribution in [1.82, 2.24) is 30.4 Å². The van der Waals surface area contributed by atoms with Gasteiger partial charge >= 0.3 is 0 Å². The van der Waals surface area contributed by atoms with Crippen LogP contribution >= 0.6 is 0 Å². The van der Waals surface area contributed by atoms with Crippen molar-refractivity contribution in [3.63, 3.8) is 0 Å². The lowest BCUT2D eigenvalue weighted by molar-refractivity contribution is -0.122. The molecule has 10 heteroatoms. The number of hydrazine groups is 1. The zero-order chi connectivity index (χ0) is 19.3. The number of para-hydroxylation sites is 2. The Morgan fingerprint density at radius 1 is 1.07 bits per heavy atom. The van der Waals surface area contributed by atoms with Crippen LogP contribution in [0.25, 0.3) is 16.9 Å². The Bertz CT molecular complexity index is 1110. The molecule has 0 atom stereocenters. The minimum Gasteiger partial charge on any atom is -0.484 e. The predicted molar refractivity (Wildman–Crippen MR) is 103 cm³/mol. The van der Waals surface area contributed by atoms with Gasteiger partial charge in [-0.15, -0.1) is 5.10 Å². The molecule has 2 aromatic heterocycles. The highest BCUT2D eigenvalue weighted by atomic mass is 16.5. The summed E-state index contributed by atoms with van der Waals surface area (Å²) in [4.78, 5) is 20.2. The lowest BCUT2D eigenvalue weighted by atomic mass is 10.3. The molecule has 0 fully saturated rings. The second kappa shape index (κ2) is 7.58. The van der Waals surface area contributed by atoms with Gasteiger partial charge in [-0.25, -0.2) is 9.97 Å². The summed E-state index contributed by atoms with van der Waals surface area (Å²) in [6, 6.07) is 16.5. The van der Waals surface area contributed by atoms with Gasteiger partial charge in [0.1, 0.15) is 23.3 Å². The first-order chi connectivity index (χ1) is 13.7. The summed E-state index contributed by atoms with van der Waals surface area (Å²) in [6.45, 7) is -0.164. The molecule has 0 saturated carbocycles. The number of nitrogens with zero attached hydrogens (tertiary/aromatic N) is 5. The lowest BCUT2D eigenvalue weighted by Crippen LogP contribution is -2.34. The fourth-order valence-corrected chi connectivity index (χ4v) is 2.51. The van der Waals surface area contributed by atoms with Crippen LogP contribution in [-0.2, 0) is 4.79 Å². The third kappa shape index (κ3) is 3.51. The van der Waals surface area contributed by atoms with E-state index in [1.807, 2.05) is 42.5 Å². The van der Waals surface area contributed by atoms with Crippen molar-refractivity contribution in [1.29, 1.82) is 0 Å². The number of nitrogen functional groups attached to an aromatic ring is 1. The molecule has 4 aromatic rings. The van der Waals surface area contributed by atoms with Crippen molar-refractivity contribution < 1.29 is 9.53 Å². The summed E-state index contributed by atoms with van der Waals surface area (Å²) in [7, 11) is 0. The monoisotopic (exact) mass is 376 g/mol. The van der Waals surface area contributed by atoms with Gasteiger partial charge in [0.2, 0.25) is 0 Å². The second-order valence-electron chi connectivity index (χ2n) is 5.72. The van der Waals surface area contributed by atoms with Gasteiger partial charge in [0.25, 0.3) is 5.91 Å². The summed E-state index contributed by atoms with van der Waals surface area (Å²) >= 11 is 0. The van der Waals surface area contributed by atoms with Crippen LogP contribution in [0.5, 0.6) is 5.75 Å². The van der Waals surface area contributed by atoms with Crippen molar-refractivity contribution in [2.75, 3.05) is 17.8 Å². The number of hydrogen-bond acceptors (Lipinski definition) is 8. The van der Waals surface area contributed by atoms with Gasteiger partial charge in [-0.3, -0.25) is 15.6 Å². The highest BCUT2D eigenvalue weighted by Crippen LogP contribution is 2.23. The van der Waals surface area contributed by atoms with Gasteiger partial charge in [0, 0.05) is 0 Å². The van der Waals surface area contributed by atoms with Crippen molar-refractivity contribution in [3.8, 4) is 11.6 Å². The molecule has 0 saturated heterocycles. The van der Waals surface area contributed by atoms with E-state index in [2.05, 4.69) is 31.1 Å². The van der Waals surface area contributed by atoms with Gasteiger partial charge in [-0.2, -0.15) is 4.68 Å². The normalized spacial score (nSPS) is 10.6. The standard InChI is InChI=1S/C18H16N8O2/c19-16-17(24-23-15(27)10-28-12-6-2-1-3-7-12)20-11-21-18(16)26-14-9-5-4-8-13(14)22-25-26/h1-9,11H,10,19H2,(H,23,27)(H,20,21,24). The van der Waals surface area contributed by atoms with Crippen LogP contribution in [0, 0.1) is 0 Å². The van der Waals surface area contributed by atoms with Crippen molar-refractivity contribution in [2.24, 2.45) is 0 Å². The number of carbonyl (C=O) groups is 1. The Balaban J connectivity index is 1.46. The number of benzene rings is 2. The van der Waals surface area contributed by atoms with Crippen LogP contribution in [0.15, 0.2) is 60.9 Å². The van der Waals surface area contributed by atoms with E-state index in [9.17, 15) is 4.79 Å². The zero-order valence-electron chi connectivity index (χ0n) is 14.6. The third-order valence-electron chi connectivity index (χ3n) is 3.85. The maximum Gasteiger partial charge on any atom is 0.276 e. The van der Waals surface area contributed by atoms with E-state index in [0.717, 1.165) is 5.52 Å². The van der Waals surface area contributed by atoms with E-state index in [0.29, 0.717) is 17.1 Å². The Morgan fingerprint density at radius 3 is 2.71 bits per heavy atom. The number of amides is 1. The molecule has 0 aliphatic carbocycles. The molecule has 2 aromatic carbocycles. The molecule has 4 N–H and O–H groups in total. The minimum absolute atomic E-state index is 0.164. The van der Waals surface area contributed by atoms with E-state index >= 15 is 0 Å². The topological polar surface area (TPSA) is 133 Å². The molecule has 0 aliphatic rings. The molecular formula is C18H16N8O2. The van der Waals surface area contributed by atoms with E-state index in [1.165, 1.54) is 11.0 Å². The van der Waals surface area contributed by atoms with Gasteiger partial charge < -0.3 is 10.5 Å². The first-order valence-corrected chi connectivity index (χ1v) is 8.36. The molecular weight excluding hydrogens is 360 g/mol. The maximum atomic E-state index is 12.0. The number of hydrogen-bond donors (Lipinski definition) is 3. The number of aromatic nitrogens is 5. The molecule has 0 radical (unpaired) electrons. The number of anilines is 2. The van der Waals surface area contributed by atoms with Gasteiger partial charge in [0.15, 0.2) is 18.2 Å². The van der Waals surface area contributed by atoms with E-state index in [1.54, 1.807) is 12.1 Å². The number of nitrogens with two attached hydrogens (primary N) is 1. The Kier molecular flexibility index (Phi) is 4.66. The minimum atomic E-state index is -0.394. The largest absolute Gasteiger partial charge is 0.484 e. The van der Waals surface area contributed by atoms with Crippen molar-refractivity contribution in [3.05, 3.63) is 60.9 Å². The fraction of sp³-hybridized carbons (Fsp3) is 0.0556. The summed E-state index contributed by atoms with van der Waals surface area (Å²) in [5.74, 6) is 0.785. The van der Waals surface area contributed by atoms with Gasteiger partial charge in [-0.05, 0) is 24.3 Å². The summed E-state index contributed by atoms with van der Waals surface area (Å²) in [6.07, 6.45) is 1.32. The number of carbonyl (C=O) groups excluding carboxylic acids is 1. The summed E-state index contributed by atoms with van der Waals surface area (Å²) < 4.78 is 6.89. The van der Waals surface area contributed by atoms with Gasteiger partial charge in [0.05, 0.1) is 5.52 Å². The molecule has 4 rings (SSSR count). The number of fused-ring (bicyclic) bond motifs is 1. The zero-order valence-corrected chi connectivity index (χ0v) is 14.6. The van der Waals surface area contributed by atoms with Crippen LogP contribution in [0.3, 0.4) is 0 Å². The highest BCUT2D eigenvalue weighted by molar-refractivity contribution is 5.81. The van der Waals surface area contributed by atoms with Crippen LogP contribution < -0.4 is 21.3 Å². The smallest absolute Gasteiger partial charge is 0.276 e. The lowest BCUT2D eigenvalue weighted by Gasteiger charge is -2.12. The summed E-state index contributed by atoms with van der Waals surface area (Å²) in [5.41, 5.74) is 13.0. The summed E-state index contributed by atoms with van der Waals surface area (Å²) in [5, 5.41) is 8.17. The molecule has 0 unspecified atom stereocenters. The number of ether oxygens (including phenoxy) is 1. The first kappa shape index (κ1) is 17.2. The third-order valence-corrected chi connectivity index (χ3v) is 3.85. The fourth-order valence-electron chi connectivity index (χ4n) is 2.51. The van der Waals surface area contributed by atoms with Crippen LogP contribution in [-0.4, -0.2) is 37.5 Å². The van der Waals surface area contributed by atoms with E-state index in [-0.39, 0.29) is 18.1 Å². The first-order valence-electron chi connectivity index (χ1n) is 8.36. The Morgan fingerprint density at radius 2 is 1.86 bits per heavy atom. The average Bonchev–Trinajstić information content (AvgIpc) is 3.16. The van der Waals surface area contributed by atoms with Crippen LogP contribution in [0.1, 0.15) is 0 Å². The SMILES string of the molecule is Nc1c(NNC(=O)COc2ccccc2)ncnc1-n1nnc2ccccc21. The number of nitrogens with one attached hydrogen (secondary N) is 2. The molecule has 140 valence electrons. The maximum absolute atomic E-state index is 12.0. The molecule has 0 spiro atoms. The molecule has 1 amide bonds. The molecule has 28 heavy (non-hydrogen) atoms. The van der Waals surface area contributed by atoms with Gasteiger partial charge in [-0.1, -0.05) is 35.5 Å². The Hall–Kier alpha value is -4.21.